The van der Waals surface area contributed by atoms with Crippen LogP contribution < -0.4 is 11.5 Å². The fraction of sp³-hybridized carbons (Fsp3) is 0. The first-order valence-electron chi connectivity index (χ1n) is 4.97. The Morgan fingerprint density at radius 2 is 2.00 bits per heavy atom. The average molecular weight is 291 g/mol. The van der Waals surface area contributed by atoms with E-state index in [-0.39, 0.29) is 5.96 Å². The van der Waals surface area contributed by atoms with Crippen molar-refractivity contribution in [1.82, 2.24) is 0 Å². The zero-order valence-electron chi connectivity index (χ0n) is 8.97. The van der Waals surface area contributed by atoms with E-state index in [4.69, 9.17) is 11.5 Å². The highest BCUT2D eigenvalue weighted by Crippen LogP contribution is 2.24. The van der Waals surface area contributed by atoms with Gasteiger partial charge in [-0.05, 0) is 28.5 Å². The number of guanidine groups is 1. The van der Waals surface area contributed by atoms with Crippen molar-refractivity contribution in [3.63, 3.8) is 0 Å². The molecule has 0 heterocycles. The SMILES string of the molecule is NC(N)=NN=Cc1ccc2cccc(Br)c2c1. The van der Waals surface area contributed by atoms with Crippen LogP contribution in [-0.4, -0.2) is 12.2 Å². The molecule has 0 radical (unpaired) electrons. The molecular weight excluding hydrogens is 280 g/mol. The van der Waals surface area contributed by atoms with Gasteiger partial charge in [-0.25, -0.2) is 0 Å². The Morgan fingerprint density at radius 1 is 1.18 bits per heavy atom. The van der Waals surface area contributed by atoms with Crippen molar-refractivity contribution in [2.24, 2.45) is 21.7 Å². The smallest absolute Gasteiger partial charge is 0.211 e. The van der Waals surface area contributed by atoms with E-state index in [9.17, 15) is 0 Å². The molecule has 0 aliphatic heterocycles. The quantitative estimate of drug-likeness (QED) is 0.505. The summed E-state index contributed by atoms with van der Waals surface area (Å²) < 4.78 is 1.05. The molecule has 0 aliphatic carbocycles. The number of hydrogen-bond donors (Lipinski definition) is 2. The molecule has 0 unspecified atom stereocenters. The molecular formula is C12H11BrN4. The van der Waals surface area contributed by atoms with Crippen LogP contribution in [0.5, 0.6) is 0 Å². The summed E-state index contributed by atoms with van der Waals surface area (Å²) in [5.41, 5.74) is 11.3. The molecule has 4 N–H and O–H groups in total. The van der Waals surface area contributed by atoms with Crippen LogP contribution >= 0.6 is 15.9 Å². The maximum atomic E-state index is 5.18. The zero-order valence-corrected chi connectivity index (χ0v) is 10.6. The van der Waals surface area contributed by atoms with E-state index in [1.165, 1.54) is 5.39 Å². The lowest BCUT2D eigenvalue weighted by atomic mass is 10.1. The maximum absolute atomic E-state index is 5.18. The van der Waals surface area contributed by atoms with Crippen LogP contribution in [0.2, 0.25) is 0 Å². The molecule has 0 saturated carbocycles. The van der Waals surface area contributed by atoms with Crippen LogP contribution in [0, 0.1) is 0 Å². The van der Waals surface area contributed by atoms with Gasteiger partial charge in [0.1, 0.15) is 0 Å². The van der Waals surface area contributed by atoms with E-state index in [0.717, 1.165) is 15.4 Å². The summed E-state index contributed by atoms with van der Waals surface area (Å²) in [6.07, 6.45) is 1.61. The average Bonchev–Trinajstić information content (AvgIpc) is 2.30. The van der Waals surface area contributed by atoms with Crippen LogP contribution in [0.4, 0.5) is 0 Å². The second-order valence-electron chi connectivity index (χ2n) is 3.49. The number of hydrogen-bond acceptors (Lipinski definition) is 2. The van der Waals surface area contributed by atoms with E-state index in [1.54, 1.807) is 6.21 Å². The fourth-order valence-electron chi connectivity index (χ4n) is 1.49. The van der Waals surface area contributed by atoms with Gasteiger partial charge in [0, 0.05) is 4.47 Å². The van der Waals surface area contributed by atoms with Gasteiger partial charge in [0.15, 0.2) is 0 Å². The molecule has 5 heteroatoms. The molecule has 0 spiro atoms. The van der Waals surface area contributed by atoms with E-state index in [0.29, 0.717) is 0 Å². The molecule has 0 fully saturated rings. The van der Waals surface area contributed by atoms with Gasteiger partial charge in [0.2, 0.25) is 5.96 Å². The third-order valence-corrected chi connectivity index (χ3v) is 2.92. The van der Waals surface area contributed by atoms with Gasteiger partial charge < -0.3 is 11.5 Å². The predicted molar refractivity (Wildman–Crippen MR) is 75.1 cm³/mol. The lowest BCUT2D eigenvalue weighted by Gasteiger charge is -2.01. The molecule has 2 aromatic rings. The third kappa shape index (κ3) is 2.82. The monoisotopic (exact) mass is 290 g/mol. The highest BCUT2D eigenvalue weighted by atomic mass is 79.9. The van der Waals surface area contributed by atoms with Gasteiger partial charge >= 0.3 is 0 Å². The normalized spacial score (nSPS) is 10.9. The predicted octanol–water partition coefficient (Wildman–Crippen LogP) is 2.21. The van der Waals surface area contributed by atoms with Crippen LogP contribution in [0.3, 0.4) is 0 Å². The molecule has 0 atom stereocenters. The van der Waals surface area contributed by atoms with Crippen molar-refractivity contribution in [2.75, 3.05) is 0 Å². The van der Waals surface area contributed by atoms with Gasteiger partial charge in [-0.3, -0.25) is 0 Å². The highest BCUT2D eigenvalue weighted by molar-refractivity contribution is 9.10. The lowest BCUT2D eigenvalue weighted by molar-refractivity contribution is 1.22. The lowest BCUT2D eigenvalue weighted by Crippen LogP contribution is -2.21. The van der Waals surface area contributed by atoms with Gasteiger partial charge in [0.05, 0.1) is 6.21 Å². The Hall–Kier alpha value is -1.88. The van der Waals surface area contributed by atoms with E-state index in [1.807, 2.05) is 30.3 Å². The van der Waals surface area contributed by atoms with Crippen molar-refractivity contribution in [3.8, 4) is 0 Å². The second-order valence-corrected chi connectivity index (χ2v) is 4.34. The van der Waals surface area contributed by atoms with Gasteiger partial charge in [0.25, 0.3) is 0 Å². The van der Waals surface area contributed by atoms with Gasteiger partial charge in [-0.15, -0.1) is 5.10 Å². The van der Waals surface area contributed by atoms with Crippen LogP contribution in [0.1, 0.15) is 5.56 Å². The standard InChI is InChI=1S/C12H11BrN4/c13-11-3-1-2-9-5-4-8(6-10(9)11)7-16-17-12(14)15/h1-7H,(H4,14,15,17). The first-order chi connectivity index (χ1) is 8.16. The fourth-order valence-corrected chi connectivity index (χ4v) is 1.99. The molecule has 0 aliphatic rings. The Bertz CT molecular complexity index is 600. The van der Waals surface area contributed by atoms with E-state index in [2.05, 4.69) is 32.2 Å². The Balaban J connectivity index is 2.41. The minimum atomic E-state index is -0.0526. The molecule has 0 aromatic heterocycles. The number of nitrogens with two attached hydrogens (primary N) is 2. The van der Waals surface area contributed by atoms with Gasteiger partial charge in [-0.2, -0.15) is 5.10 Å². The first kappa shape index (κ1) is 11.6. The largest absolute Gasteiger partial charge is 0.369 e. The zero-order chi connectivity index (χ0) is 12.3. The number of nitrogens with zero attached hydrogens (tertiary/aromatic N) is 2. The molecule has 86 valence electrons. The van der Waals surface area contributed by atoms with Gasteiger partial charge in [-0.1, -0.05) is 40.2 Å². The molecule has 2 rings (SSSR count). The Kier molecular flexibility index (Phi) is 3.39. The summed E-state index contributed by atoms with van der Waals surface area (Å²) in [6, 6.07) is 12.1. The van der Waals surface area contributed by atoms with Crippen molar-refractivity contribution in [2.45, 2.75) is 0 Å². The number of benzene rings is 2. The van der Waals surface area contributed by atoms with Crippen molar-refractivity contribution < 1.29 is 0 Å². The Morgan fingerprint density at radius 3 is 2.76 bits per heavy atom. The first-order valence-corrected chi connectivity index (χ1v) is 5.76. The number of halogens is 1. The van der Waals surface area contributed by atoms with Crippen LogP contribution in [0.25, 0.3) is 10.8 Å². The summed E-state index contributed by atoms with van der Waals surface area (Å²) in [5.74, 6) is -0.0526. The maximum Gasteiger partial charge on any atom is 0.211 e. The molecule has 17 heavy (non-hydrogen) atoms. The summed E-state index contributed by atoms with van der Waals surface area (Å²) in [7, 11) is 0. The molecule has 4 nitrogen and oxygen atoms in total. The molecule has 2 aromatic carbocycles. The third-order valence-electron chi connectivity index (χ3n) is 2.23. The van der Waals surface area contributed by atoms with Crippen molar-refractivity contribution in [3.05, 3.63) is 46.4 Å². The summed E-state index contributed by atoms with van der Waals surface area (Å²) in [4.78, 5) is 0. The summed E-state index contributed by atoms with van der Waals surface area (Å²) in [5, 5.41) is 9.62. The minimum absolute atomic E-state index is 0.0526. The van der Waals surface area contributed by atoms with Crippen molar-refractivity contribution in [1.29, 1.82) is 0 Å². The number of rotatable bonds is 2. The van der Waals surface area contributed by atoms with E-state index >= 15 is 0 Å². The number of fused-ring (bicyclic) bond motifs is 1. The van der Waals surface area contributed by atoms with E-state index < -0.39 is 0 Å². The van der Waals surface area contributed by atoms with Crippen LogP contribution in [-0.2, 0) is 0 Å². The minimum Gasteiger partial charge on any atom is -0.369 e. The summed E-state index contributed by atoms with van der Waals surface area (Å²) in [6.45, 7) is 0. The molecule has 0 saturated heterocycles. The van der Waals surface area contributed by atoms with Crippen molar-refractivity contribution >= 4 is 38.9 Å². The Labute approximate surface area is 107 Å². The topological polar surface area (TPSA) is 76.8 Å². The van der Waals surface area contributed by atoms with Crippen LogP contribution in [0.15, 0.2) is 51.1 Å². The highest BCUT2D eigenvalue weighted by Gasteiger charge is 1.98. The molecule has 0 bridgehead atoms. The molecule has 0 amide bonds. The summed E-state index contributed by atoms with van der Waals surface area (Å²) >= 11 is 3.51. The second kappa shape index (κ2) is 4.97.